The van der Waals surface area contributed by atoms with E-state index in [1.165, 1.54) is 12.1 Å². The third-order valence-electron chi connectivity index (χ3n) is 0.960. The predicted molar refractivity (Wildman–Crippen MR) is 50.7 cm³/mol. The number of rotatable bonds is 0. The van der Waals surface area contributed by atoms with Gasteiger partial charge in [-0.1, -0.05) is 30.0 Å². The Hall–Kier alpha value is -0.388. The van der Waals surface area contributed by atoms with Gasteiger partial charge in [0.25, 0.3) is 0 Å². The quantitative estimate of drug-likeness (QED) is 0.506. The summed E-state index contributed by atoms with van der Waals surface area (Å²) in [6.45, 7) is 0. The molecule has 1 aromatic rings. The molecule has 0 aliphatic rings. The molecule has 0 radical (unpaired) electrons. The SMILES string of the molecule is O=c1cccccc1[O-].[CH3-].[CH3-].[Tl+3]. The minimum Gasteiger partial charge on any atom is -0.870 e. The van der Waals surface area contributed by atoms with Gasteiger partial charge < -0.3 is 20.0 Å². The van der Waals surface area contributed by atoms with Gasteiger partial charge >= 0.3 is 27.3 Å². The first-order chi connectivity index (χ1) is 4.30. The number of hydrogen-bond acceptors (Lipinski definition) is 2. The van der Waals surface area contributed by atoms with Crippen molar-refractivity contribution in [2.75, 3.05) is 0 Å². The minimum absolute atomic E-state index is 0. The molecule has 0 fully saturated rings. The molecule has 1 rings (SSSR count). The molecule has 0 amide bonds. The van der Waals surface area contributed by atoms with Gasteiger partial charge in [0.2, 0.25) is 0 Å². The Bertz CT molecular complexity index is 260. The van der Waals surface area contributed by atoms with Crippen LogP contribution in [0.5, 0.6) is 5.75 Å². The third kappa shape index (κ3) is 5.29. The molecule has 0 saturated carbocycles. The molecule has 0 unspecified atom stereocenters. The van der Waals surface area contributed by atoms with E-state index in [9.17, 15) is 9.90 Å². The fourth-order valence-corrected chi connectivity index (χ4v) is 0.514. The molecule has 0 aromatic heterocycles. The van der Waals surface area contributed by atoms with Gasteiger partial charge in [0.15, 0.2) is 5.43 Å². The molecule has 0 atom stereocenters. The number of hydrogen-bond donors (Lipinski definition) is 0. The maximum Gasteiger partial charge on any atom is 3.00 e. The van der Waals surface area contributed by atoms with Crippen LogP contribution < -0.4 is 10.5 Å². The van der Waals surface area contributed by atoms with Crippen molar-refractivity contribution < 1.29 is 5.11 Å². The summed E-state index contributed by atoms with van der Waals surface area (Å²) in [4.78, 5) is 10.5. The molecule has 62 valence electrons. The largest absolute Gasteiger partial charge is 3.00 e. The molecule has 0 bridgehead atoms. The maximum atomic E-state index is 10.5. The maximum absolute atomic E-state index is 10.5. The molecule has 2 nitrogen and oxygen atoms in total. The van der Waals surface area contributed by atoms with Crippen molar-refractivity contribution in [2.24, 2.45) is 0 Å². The molecule has 12 heavy (non-hydrogen) atoms. The fourth-order valence-electron chi connectivity index (χ4n) is 0.514. The van der Waals surface area contributed by atoms with Gasteiger partial charge in [-0.2, -0.15) is 0 Å². The molecule has 0 spiro atoms. The topological polar surface area (TPSA) is 40.1 Å². The standard InChI is InChI=1S/C7H6O2.2CH3.Tl/c8-6-4-2-1-3-5-7(6)9;;;/h1-5H,(H,8,9);2*1H3;/q;2*-1;+3/p-1. The second kappa shape index (κ2) is 8.71. The van der Waals surface area contributed by atoms with E-state index in [1.807, 2.05) is 0 Å². The van der Waals surface area contributed by atoms with E-state index >= 15 is 0 Å². The Kier molecular flexibility index (Phi) is 12.8. The average molecular weight is 356 g/mol. The molecule has 1 aromatic carbocycles. The van der Waals surface area contributed by atoms with E-state index < -0.39 is 11.2 Å². The van der Waals surface area contributed by atoms with Gasteiger partial charge in [-0.3, -0.25) is 4.79 Å². The molecule has 0 aliphatic heterocycles. The molecule has 0 N–H and O–H groups in total. The fraction of sp³-hybridized carbons (Fsp3) is 0. The van der Waals surface area contributed by atoms with E-state index in [2.05, 4.69) is 0 Å². The Morgan fingerprint density at radius 3 is 2.08 bits per heavy atom. The monoisotopic (exact) mass is 356 g/mol. The summed E-state index contributed by atoms with van der Waals surface area (Å²) in [5.74, 6) is -0.458. The van der Waals surface area contributed by atoms with E-state index in [-0.39, 0.29) is 42.2 Å². The van der Waals surface area contributed by atoms with Gasteiger partial charge in [0.1, 0.15) is 0 Å². The van der Waals surface area contributed by atoms with Crippen LogP contribution in [0.3, 0.4) is 0 Å². The van der Waals surface area contributed by atoms with Crippen LogP contribution in [0.1, 0.15) is 0 Å². The van der Waals surface area contributed by atoms with Gasteiger partial charge in [0, 0.05) is 0 Å². The van der Waals surface area contributed by atoms with Crippen LogP contribution in [-0.4, -0.2) is 27.3 Å². The molecule has 3 heteroatoms. The molecular formula is C9H11O2Tl. The van der Waals surface area contributed by atoms with Crippen molar-refractivity contribution in [1.82, 2.24) is 0 Å². The summed E-state index contributed by atoms with van der Waals surface area (Å²) < 4.78 is 0. The first-order valence-corrected chi connectivity index (χ1v) is 2.57. The second-order valence-corrected chi connectivity index (χ2v) is 1.64. The summed E-state index contributed by atoms with van der Waals surface area (Å²) in [6.07, 6.45) is 0. The van der Waals surface area contributed by atoms with Crippen molar-refractivity contribution >= 4 is 27.3 Å². The first kappa shape index (κ1) is 17.6. The van der Waals surface area contributed by atoms with Crippen LogP contribution in [0.15, 0.2) is 35.1 Å². The van der Waals surface area contributed by atoms with Gasteiger partial charge in [-0.25, -0.2) is 0 Å². The van der Waals surface area contributed by atoms with E-state index in [1.54, 1.807) is 18.2 Å². The van der Waals surface area contributed by atoms with Crippen molar-refractivity contribution in [3.05, 3.63) is 55.4 Å². The average Bonchev–Trinajstić information content (AvgIpc) is 1.99. The Labute approximate surface area is 93.4 Å². The molecule has 0 aliphatic carbocycles. The zero-order valence-electron chi connectivity index (χ0n) is 7.28. The zero-order valence-corrected chi connectivity index (χ0v) is 11.8. The van der Waals surface area contributed by atoms with E-state index in [4.69, 9.17) is 0 Å². The first-order valence-electron chi connectivity index (χ1n) is 2.57. The normalized spacial score (nSPS) is 6.67. The van der Waals surface area contributed by atoms with Crippen LogP contribution >= 0.6 is 0 Å². The van der Waals surface area contributed by atoms with Crippen LogP contribution in [-0.2, 0) is 0 Å². The van der Waals surface area contributed by atoms with Gasteiger partial charge in [-0.15, -0.1) is 0 Å². The van der Waals surface area contributed by atoms with Crippen molar-refractivity contribution in [3.63, 3.8) is 0 Å². The summed E-state index contributed by atoms with van der Waals surface area (Å²) in [5.41, 5.74) is -0.458. The Balaban J connectivity index is -0.000000270. The van der Waals surface area contributed by atoms with Crippen LogP contribution in [0.2, 0.25) is 0 Å². The van der Waals surface area contributed by atoms with E-state index in [0.29, 0.717) is 0 Å². The predicted octanol–water partition coefficient (Wildman–Crippen LogP) is 0.640. The van der Waals surface area contributed by atoms with Crippen LogP contribution in [0.4, 0.5) is 0 Å². The third-order valence-corrected chi connectivity index (χ3v) is 0.960. The Morgan fingerprint density at radius 1 is 1.00 bits per heavy atom. The van der Waals surface area contributed by atoms with Crippen LogP contribution in [0, 0.1) is 14.9 Å². The van der Waals surface area contributed by atoms with Crippen molar-refractivity contribution in [2.45, 2.75) is 0 Å². The minimum atomic E-state index is -0.458. The van der Waals surface area contributed by atoms with Crippen molar-refractivity contribution in [3.8, 4) is 5.75 Å². The second-order valence-electron chi connectivity index (χ2n) is 1.64. The molecule has 0 saturated heterocycles. The summed E-state index contributed by atoms with van der Waals surface area (Å²) in [7, 11) is 0. The smallest absolute Gasteiger partial charge is 0.870 e. The van der Waals surface area contributed by atoms with Crippen LogP contribution in [0.25, 0.3) is 0 Å². The summed E-state index contributed by atoms with van der Waals surface area (Å²) in [6, 6.07) is 7.24. The van der Waals surface area contributed by atoms with Gasteiger partial charge in [-0.05, 0) is 6.07 Å². The summed E-state index contributed by atoms with van der Waals surface area (Å²) in [5, 5.41) is 10.5. The van der Waals surface area contributed by atoms with Gasteiger partial charge in [0.05, 0.1) is 0 Å². The molecule has 0 heterocycles. The van der Waals surface area contributed by atoms with E-state index in [0.717, 1.165) is 0 Å². The molecular weight excluding hydrogens is 344 g/mol. The Morgan fingerprint density at radius 2 is 1.50 bits per heavy atom. The zero-order chi connectivity index (χ0) is 6.69. The summed E-state index contributed by atoms with van der Waals surface area (Å²) >= 11 is 0. The van der Waals surface area contributed by atoms with Crippen molar-refractivity contribution in [1.29, 1.82) is 0 Å².